The van der Waals surface area contributed by atoms with Crippen LogP contribution >= 0.6 is 11.8 Å². The predicted molar refractivity (Wildman–Crippen MR) is 63.6 cm³/mol. The minimum Gasteiger partial charge on any atom is -0.396 e. The van der Waals surface area contributed by atoms with Gasteiger partial charge in [-0.1, -0.05) is 0 Å². The van der Waals surface area contributed by atoms with E-state index in [4.69, 9.17) is 5.11 Å². The molecule has 0 saturated carbocycles. The molecule has 15 heavy (non-hydrogen) atoms. The number of rotatable bonds is 5. The van der Waals surface area contributed by atoms with Crippen molar-refractivity contribution in [3.05, 3.63) is 0 Å². The van der Waals surface area contributed by atoms with E-state index >= 15 is 0 Å². The number of aliphatic hydroxyl groups excluding tert-OH is 1. The summed E-state index contributed by atoms with van der Waals surface area (Å²) in [5.41, 5.74) is 0. The third-order valence-electron chi connectivity index (χ3n) is 2.47. The summed E-state index contributed by atoms with van der Waals surface area (Å²) in [7, 11) is -3.10. The Morgan fingerprint density at radius 1 is 1.47 bits per heavy atom. The molecule has 1 unspecified atom stereocenters. The Hall–Kier alpha value is 0.220. The molecule has 0 amide bonds. The maximum Gasteiger partial charge on any atom is 0.214 e. The van der Waals surface area contributed by atoms with E-state index in [0.717, 1.165) is 11.5 Å². The summed E-state index contributed by atoms with van der Waals surface area (Å²) in [6.07, 6.45) is 1.12. The van der Waals surface area contributed by atoms with E-state index in [1.807, 2.05) is 6.92 Å². The number of hydrogen-bond acceptors (Lipinski definition) is 4. The van der Waals surface area contributed by atoms with Gasteiger partial charge in [0.15, 0.2) is 0 Å². The molecule has 1 saturated heterocycles. The lowest BCUT2D eigenvalue weighted by Crippen LogP contribution is -2.45. The molecule has 1 heterocycles. The van der Waals surface area contributed by atoms with Crippen LogP contribution in [0.5, 0.6) is 0 Å². The number of aliphatic hydroxyl groups is 1. The Morgan fingerprint density at radius 3 is 2.80 bits per heavy atom. The second-order valence-corrected chi connectivity index (χ2v) is 6.97. The van der Waals surface area contributed by atoms with E-state index in [9.17, 15) is 8.42 Å². The van der Waals surface area contributed by atoms with Gasteiger partial charge in [-0.25, -0.2) is 8.42 Å². The van der Waals surface area contributed by atoms with E-state index in [-0.39, 0.29) is 18.4 Å². The molecule has 1 N–H and O–H groups in total. The van der Waals surface area contributed by atoms with Crippen molar-refractivity contribution >= 4 is 21.8 Å². The maximum atomic E-state index is 11.9. The highest BCUT2D eigenvalue weighted by molar-refractivity contribution is 7.99. The van der Waals surface area contributed by atoms with Crippen LogP contribution in [-0.2, 0) is 10.0 Å². The van der Waals surface area contributed by atoms with Crippen molar-refractivity contribution in [3.63, 3.8) is 0 Å². The van der Waals surface area contributed by atoms with Gasteiger partial charge in [0.05, 0.1) is 5.75 Å². The van der Waals surface area contributed by atoms with E-state index in [0.29, 0.717) is 19.4 Å². The van der Waals surface area contributed by atoms with Gasteiger partial charge in [0.25, 0.3) is 0 Å². The second-order valence-electron chi connectivity index (χ2n) is 3.78. The molecule has 1 fully saturated rings. The van der Waals surface area contributed by atoms with Crippen molar-refractivity contribution in [3.8, 4) is 0 Å². The smallest absolute Gasteiger partial charge is 0.214 e. The summed E-state index contributed by atoms with van der Waals surface area (Å²) in [4.78, 5) is 0. The number of thioether (sulfide) groups is 1. The number of nitrogens with zero attached hydrogens (tertiary/aromatic N) is 1. The second kappa shape index (κ2) is 6.08. The van der Waals surface area contributed by atoms with Gasteiger partial charge in [-0.05, 0) is 19.8 Å². The molecule has 0 spiro atoms. The first-order chi connectivity index (χ1) is 7.08. The average Bonchev–Trinajstić information content (AvgIpc) is 2.18. The fourth-order valence-corrected chi connectivity index (χ4v) is 4.66. The van der Waals surface area contributed by atoms with Gasteiger partial charge in [0.2, 0.25) is 10.0 Å². The molecule has 1 aliphatic rings. The van der Waals surface area contributed by atoms with Crippen LogP contribution in [0, 0.1) is 0 Å². The molecule has 6 heteroatoms. The summed E-state index contributed by atoms with van der Waals surface area (Å²) in [6.45, 7) is 2.66. The molecule has 0 bridgehead atoms. The lowest BCUT2D eigenvalue weighted by Gasteiger charge is -2.31. The van der Waals surface area contributed by atoms with Crippen LogP contribution in [0.1, 0.15) is 19.8 Å². The average molecular weight is 253 g/mol. The van der Waals surface area contributed by atoms with E-state index in [2.05, 4.69) is 0 Å². The highest BCUT2D eigenvalue weighted by atomic mass is 32.2. The van der Waals surface area contributed by atoms with Crippen LogP contribution in [0.25, 0.3) is 0 Å². The van der Waals surface area contributed by atoms with Gasteiger partial charge in [-0.15, -0.1) is 0 Å². The van der Waals surface area contributed by atoms with Gasteiger partial charge in [-0.2, -0.15) is 16.1 Å². The third-order valence-corrected chi connectivity index (χ3v) is 5.73. The molecule has 1 aliphatic heterocycles. The van der Waals surface area contributed by atoms with Gasteiger partial charge in [0.1, 0.15) is 0 Å². The predicted octanol–water partition coefficient (Wildman–Crippen LogP) is 0.526. The third kappa shape index (κ3) is 3.94. The Labute approximate surface area is 96.1 Å². The SMILES string of the molecule is CC1CSCCN1S(=O)(=O)CCCCO. The summed E-state index contributed by atoms with van der Waals surface area (Å²) >= 11 is 1.81. The molecule has 0 aromatic carbocycles. The summed E-state index contributed by atoms with van der Waals surface area (Å²) in [5, 5.41) is 8.61. The van der Waals surface area contributed by atoms with Crippen LogP contribution < -0.4 is 0 Å². The largest absolute Gasteiger partial charge is 0.396 e. The van der Waals surface area contributed by atoms with E-state index in [1.54, 1.807) is 16.1 Å². The van der Waals surface area contributed by atoms with Crippen LogP contribution in [0.2, 0.25) is 0 Å². The Morgan fingerprint density at radius 2 is 2.20 bits per heavy atom. The summed E-state index contributed by atoms with van der Waals surface area (Å²) < 4.78 is 25.4. The minimum atomic E-state index is -3.10. The molecule has 0 radical (unpaired) electrons. The lowest BCUT2D eigenvalue weighted by atomic mass is 10.4. The first-order valence-corrected chi connectivity index (χ1v) is 8.02. The molecule has 0 aromatic heterocycles. The molecular formula is C9H19NO3S2. The van der Waals surface area contributed by atoms with Crippen LogP contribution in [0.15, 0.2) is 0 Å². The normalized spacial score (nSPS) is 24.3. The molecule has 0 aromatic rings. The maximum absolute atomic E-state index is 11.9. The minimum absolute atomic E-state index is 0.0704. The number of hydrogen-bond donors (Lipinski definition) is 1. The molecule has 0 aliphatic carbocycles. The first kappa shape index (κ1) is 13.3. The summed E-state index contributed by atoms with van der Waals surface area (Å²) in [5.74, 6) is 1.95. The fourth-order valence-electron chi connectivity index (χ4n) is 1.64. The molecular weight excluding hydrogens is 234 g/mol. The van der Waals surface area contributed by atoms with Crippen LogP contribution in [0.3, 0.4) is 0 Å². The topological polar surface area (TPSA) is 57.6 Å². The quantitative estimate of drug-likeness (QED) is 0.726. The van der Waals surface area contributed by atoms with E-state index < -0.39 is 10.0 Å². The highest BCUT2D eigenvalue weighted by Crippen LogP contribution is 2.20. The zero-order chi connectivity index (χ0) is 11.3. The van der Waals surface area contributed by atoms with Crippen LogP contribution in [0.4, 0.5) is 0 Å². The van der Waals surface area contributed by atoms with Crippen molar-refractivity contribution < 1.29 is 13.5 Å². The zero-order valence-corrected chi connectivity index (χ0v) is 10.7. The van der Waals surface area contributed by atoms with Gasteiger partial charge < -0.3 is 5.11 Å². The van der Waals surface area contributed by atoms with Crippen molar-refractivity contribution in [1.29, 1.82) is 0 Å². The fraction of sp³-hybridized carbons (Fsp3) is 1.00. The zero-order valence-electron chi connectivity index (χ0n) is 9.05. The van der Waals surface area contributed by atoms with Crippen molar-refractivity contribution in [1.82, 2.24) is 4.31 Å². The molecule has 1 atom stereocenters. The van der Waals surface area contributed by atoms with Gasteiger partial charge in [0, 0.05) is 30.7 Å². The highest BCUT2D eigenvalue weighted by Gasteiger charge is 2.28. The number of unbranched alkanes of at least 4 members (excludes halogenated alkanes) is 1. The van der Waals surface area contributed by atoms with Gasteiger partial charge in [-0.3, -0.25) is 0 Å². The van der Waals surface area contributed by atoms with Crippen LogP contribution in [-0.4, -0.2) is 54.3 Å². The van der Waals surface area contributed by atoms with E-state index in [1.165, 1.54) is 0 Å². The lowest BCUT2D eigenvalue weighted by molar-refractivity contribution is 0.286. The van der Waals surface area contributed by atoms with Crippen molar-refractivity contribution in [2.75, 3.05) is 30.4 Å². The van der Waals surface area contributed by atoms with Gasteiger partial charge >= 0.3 is 0 Å². The van der Waals surface area contributed by atoms with Crippen molar-refractivity contribution in [2.45, 2.75) is 25.8 Å². The Bertz CT molecular complexity index is 279. The standard InChI is InChI=1S/C9H19NO3S2/c1-9-8-14-6-4-10(9)15(12,13)7-3-2-5-11/h9,11H,2-8H2,1H3. The molecule has 90 valence electrons. The monoisotopic (exact) mass is 253 g/mol. The Balaban J connectivity index is 2.51. The molecule has 4 nitrogen and oxygen atoms in total. The van der Waals surface area contributed by atoms with Crippen molar-refractivity contribution in [2.24, 2.45) is 0 Å². The molecule has 1 rings (SSSR count). The first-order valence-electron chi connectivity index (χ1n) is 5.26. The summed E-state index contributed by atoms with van der Waals surface area (Å²) in [6, 6.07) is 0.114. The Kier molecular flexibility index (Phi) is 5.38. The number of sulfonamides is 1.